The summed E-state index contributed by atoms with van der Waals surface area (Å²) in [7, 11) is 3.46. The highest BCUT2D eigenvalue weighted by Crippen LogP contribution is 2.47. The van der Waals surface area contributed by atoms with Gasteiger partial charge in [0.25, 0.3) is 0 Å². The highest BCUT2D eigenvalue weighted by Gasteiger charge is 2.27. The molecule has 4 aromatic rings. The summed E-state index contributed by atoms with van der Waals surface area (Å²) < 4.78 is 26.8. The molecule has 1 saturated heterocycles. The van der Waals surface area contributed by atoms with Gasteiger partial charge in [0.15, 0.2) is 5.75 Å². The van der Waals surface area contributed by atoms with Crippen LogP contribution in [0.15, 0.2) is 78.9 Å². The lowest BCUT2D eigenvalue weighted by Gasteiger charge is -2.38. The number of benzene rings is 3. The van der Waals surface area contributed by atoms with Gasteiger partial charge in [0.1, 0.15) is 29.2 Å². The second-order valence-corrected chi connectivity index (χ2v) is 10.2. The van der Waals surface area contributed by atoms with Crippen LogP contribution in [0.5, 0.6) is 23.0 Å². The number of phenols is 1. The zero-order valence-corrected chi connectivity index (χ0v) is 21.4. The number of carbonyl (C=O) groups is 1. The molecule has 1 amide bonds. The number of aromatic hydroxyl groups is 1. The monoisotopic (exact) mass is 518 g/mol. The second kappa shape index (κ2) is 10.6. The van der Waals surface area contributed by atoms with E-state index in [-0.39, 0.29) is 23.6 Å². The Morgan fingerprint density at radius 1 is 1.08 bits per heavy atom. The summed E-state index contributed by atoms with van der Waals surface area (Å²) in [6.45, 7) is 2.32. The summed E-state index contributed by atoms with van der Waals surface area (Å²) in [5, 5.41) is 10.8. The first kappa shape index (κ1) is 24.8. The molecule has 0 aliphatic carbocycles. The van der Waals surface area contributed by atoms with Gasteiger partial charge in [-0.1, -0.05) is 18.2 Å². The van der Waals surface area contributed by atoms with E-state index in [1.54, 1.807) is 49.3 Å². The molecule has 2 heterocycles. The van der Waals surface area contributed by atoms with Gasteiger partial charge in [0.2, 0.25) is 5.91 Å². The van der Waals surface area contributed by atoms with Crippen molar-refractivity contribution in [2.24, 2.45) is 0 Å². The molecular weight excluding hydrogens is 491 g/mol. The Balaban J connectivity index is 1.24. The third-order valence-corrected chi connectivity index (χ3v) is 7.25. The van der Waals surface area contributed by atoms with Gasteiger partial charge >= 0.3 is 0 Å². The molecule has 0 saturated carbocycles. The molecule has 8 heteroatoms. The van der Waals surface area contributed by atoms with Crippen molar-refractivity contribution in [1.82, 2.24) is 9.80 Å². The van der Waals surface area contributed by atoms with Crippen LogP contribution >= 0.6 is 11.3 Å². The van der Waals surface area contributed by atoms with E-state index in [2.05, 4.69) is 4.90 Å². The first-order valence-corrected chi connectivity index (χ1v) is 12.7. The lowest BCUT2D eigenvalue weighted by Crippen LogP contribution is -2.53. The van der Waals surface area contributed by atoms with E-state index in [0.29, 0.717) is 11.5 Å². The maximum atomic E-state index is 13.5. The van der Waals surface area contributed by atoms with Crippen LogP contribution < -0.4 is 9.47 Å². The molecule has 6 nitrogen and oxygen atoms in total. The molecule has 5 rings (SSSR count). The maximum absolute atomic E-state index is 13.5. The number of fused-ring (bicyclic) bond motifs is 1. The van der Waals surface area contributed by atoms with Crippen molar-refractivity contribution in [3.8, 4) is 33.4 Å². The first-order valence-electron chi connectivity index (χ1n) is 11.9. The van der Waals surface area contributed by atoms with Gasteiger partial charge < -0.3 is 19.5 Å². The molecule has 1 N–H and O–H groups in total. The van der Waals surface area contributed by atoms with Crippen LogP contribution in [0, 0.1) is 5.82 Å². The second-order valence-electron chi connectivity index (χ2n) is 9.11. The largest absolute Gasteiger partial charge is 0.508 e. The fourth-order valence-electron chi connectivity index (χ4n) is 4.05. The average Bonchev–Trinajstić information content (AvgIpc) is 3.20. The van der Waals surface area contributed by atoms with Crippen molar-refractivity contribution in [2.75, 3.05) is 33.7 Å². The smallest absolute Gasteiger partial charge is 0.245 e. The van der Waals surface area contributed by atoms with Crippen LogP contribution in [0.2, 0.25) is 0 Å². The zero-order chi connectivity index (χ0) is 25.9. The molecule has 1 fully saturated rings. The van der Waals surface area contributed by atoms with Crippen molar-refractivity contribution in [2.45, 2.75) is 6.10 Å². The molecule has 0 unspecified atom stereocenters. The van der Waals surface area contributed by atoms with E-state index in [9.17, 15) is 14.3 Å². The number of phenolic OH excluding ortho intramolecular Hbond substituents is 1. The average molecular weight is 519 g/mol. The third-order valence-electron chi connectivity index (χ3n) is 6.07. The molecular formula is C29H27FN2O4S. The minimum atomic E-state index is -0.300. The number of likely N-dealkylation sites (tertiary alicyclic amines) is 1. The number of likely N-dealkylation sites (N-methyl/N-ethyl adjacent to an activating group) is 1. The number of halogens is 1. The van der Waals surface area contributed by atoms with E-state index in [1.807, 2.05) is 36.4 Å². The minimum Gasteiger partial charge on any atom is -0.508 e. The highest BCUT2D eigenvalue weighted by molar-refractivity contribution is 7.22. The molecule has 37 heavy (non-hydrogen) atoms. The van der Waals surface area contributed by atoms with Gasteiger partial charge in [-0.3, -0.25) is 9.69 Å². The van der Waals surface area contributed by atoms with Crippen molar-refractivity contribution in [3.05, 3.63) is 84.7 Å². The third kappa shape index (κ3) is 5.76. The molecule has 190 valence electrons. The number of thiophene rings is 1. The van der Waals surface area contributed by atoms with Gasteiger partial charge in [-0.25, -0.2) is 4.39 Å². The molecule has 0 atom stereocenters. The predicted molar refractivity (Wildman–Crippen MR) is 144 cm³/mol. The van der Waals surface area contributed by atoms with E-state index in [0.717, 1.165) is 45.9 Å². The Hall–Kier alpha value is -3.88. The Morgan fingerprint density at radius 2 is 1.78 bits per heavy atom. The van der Waals surface area contributed by atoms with Crippen LogP contribution in [0.4, 0.5) is 4.39 Å². The van der Waals surface area contributed by atoms with Crippen molar-refractivity contribution < 1.29 is 23.8 Å². The Kier molecular flexibility index (Phi) is 7.12. The summed E-state index contributed by atoms with van der Waals surface area (Å²) in [6, 6.07) is 18.9. The van der Waals surface area contributed by atoms with E-state index < -0.39 is 0 Å². The van der Waals surface area contributed by atoms with Crippen molar-refractivity contribution in [3.63, 3.8) is 0 Å². The quantitative estimate of drug-likeness (QED) is 0.294. The number of rotatable bonds is 8. The molecule has 0 radical (unpaired) electrons. The van der Waals surface area contributed by atoms with Crippen LogP contribution in [-0.2, 0) is 4.79 Å². The Bertz CT molecular complexity index is 1430. The first-order chi connectivity index (χ1) is 17.9. The molecule has 0 spiro atoms. The molecule has 3 aromatic carbocycles. The molecule has 1 aromatic heterocycles. The summed E-state index contributed by atoms with van der Waals surface area (Å²) in [4.78, 5) is 16.2. The number of amides is 1. The molecule has 1 aliphatic rings. The van der Waals surface area contributed by atoms with Gasteiger partial charge in [-0.05, 0) is 60.2 Å². The minimum absolute atomic E-state index is 0.0194. The number of nitrogens with zero attached hydrogens (tertiary/aromatic N) is 2. The fourth-order valence-corrected chi connectivity index (χ4v) is 5.22. The Labute approximate surface area is 218 Å². The summed E-state index contributed by atoms with van der Waals surface area (Å²) in [6.07, 6.45) is 3.57. The SMILES string of the molecule is CN(C)C(=O)/C=C/CN1CC(Oc2ccc(Oc3c(-c4ccc(F)cc4)sc4cc(O)ccc34)cc2)C1. The standard InChI is InChI=1S/C29H27FN2O4S/c1-31(2)27(34)4-3-15-32-17-24(18-32)35-22-10-12-23(13-11-22)36-28-25-14-9-21(33)16-26(25)37-29(28)19-5-7-20(30)8-6-19/h3-14,16,24,33H,15,17-18H2,1-2H3/b4-3+. The van der Waals surface area contributed by atoms with Gasteiger partial charge in [0.05, 0.1) is 4.88 Å². The number of ether oxygens (including phenoxy) is 2. The van der Waals surface area contributed by atoms with Crippen molar-refractivity contribution >= 4 is 27.3 Å². The summed E-state index contributed by atoms with van der Waals surface area (Å²) >= 11 is 1.48. The van der Waals surface area contributed by atoms with Crippen molar-refractivity contribution in [1.29, 1.82) is 0 Å². The van der Waals surface area contributed by atoms with E-state index in [4.69, 9.17) is 9.47 Å². The topological polar surface area (TPSA) is 62.2 Å². The zero-order valence-electron chi connectivity index (χ0n) is 20.6. The molecule has 0 bridgehead atoms. The Morgan fingerprint density at radius 3 is 2.49 bits per heavy atom. The lowest BCUT2D eigenvalue weighted by atomic mass is 10.1. The maximum Gasteiger partial charge on any atom is 0.245 e. The molecule has 1 aliphatic heterocycles. The normalized spacial score (nSPS) is 14.1. The number of carbonyl (C=O) groups excluding carboxylic acids is 1. The fraction of sp³-hybridized carbons (Fsp3) is 0.207. The summed E-state index contributed by atoms with van der Waals surface area (Å²) in [5.41, 5.74) is 0.840. The summed E-state index contributed by atoms with van der Waals surface area (Å²) in [5.74, 6) is 1.93. The van der Waals surface area contributed by atoms with E-state index in [1.165, 1.54) is 23.5 Å². The highest BCUT2D eigenvalue weighted by atomic mass is 32.1. The van der Waals surface area contributed by atoms with Crippen LogP contribution in [0.3, 0.4) is 0 Å². The lowest BCUT2D eigenvalue weighted by molar-refractivity contribution is -0.123. The van der Waals surface area contributed by atoms with Gasteiger partial charge in [0, 0.05) is 49.9 Å². The van der Waals surface area contributed by atoms with Gasteiger partial charge in [-0.2, -0.15) is 0 Å². The number of hydrogen-bond acceptors (Lipinski definition) is 6. The van der Waals surface area contributed by atoms with Gasteiger partial charge in [-0.15, -0.1) is 11.3 Å². The van der Waals surface area contributed by atoms with Crippen LogP contribution in [0.25, 0.3) is 20.5 Å². The van der Waals surface area contributed by atoms with Crippen LogP contribution in [0.1, 0.15) is 0 Å². The van der Waals surface area contributed by atoms with E-state index >= 15 is 0 Å². The predicted octanol–water partition coefficient (Wildman–Crippen LogP) is 5.91. The number of hydrogen-bond donors (Lipinski definition) is 1. The van der Waals surface area contributed by atoms with Crippen LogP contribution in [-0.4, -0.2) is 60.6 Å².